The van der Waals surface area contributed by atoms with E-state index in [4.69, 9.17) is 4.74 Å². The van der Waals surface area contributed by atoms with Gasteiger partial charge in [0.15, 0.2) is 0 Å². The van der Waals surface area contributed by atoms with Crippen LogP contribution in [0.25, 0.3) is 0 Å². The summed E-state index contributed by atoms with van der Waals surface area (Å²) in [6.45, 7) is 1.68. The van der Waals surface area contributed by atoms with Gasteiger partial charge in [-0.1, -0.05) is 42.5 Å². The van der Waals surface area contributed by atoms with Crippen molar-refractivity contribution in [3.05, 3.63) is 94.4 Å². The maximum atomic E-state index is 13.4. The topological polar surface area (TPSA) is 92.7 Å². The summed E-state index contributed by atoms with van der Waals surface area (Å²) in [6.07, 6.45) is 1.32. The van der Waals surface area contributed by atoms with Crippen LogP contribution in [-0.2, 0) is 17.8 Å². The Morgan fingerprint density at radius 1 is 1.00 bits per heavy atom. The minimum Gasteiger partial charge on any atom is -0.497 e. The lowest BCUT2D eigenvalue weighted by atomic mass is 9.83. The Morgan fingerprint density at radius 3 is 2.61 bits per heavy atom. The molecule has 2 aromatic carbocycles. The van der Waals surface area contributed by atoms with Crippen LogP contribution in [0.3, 0.4) is 0 Å². The number of benzene rings is 2. The Labute approximate surface area is 209 Å². The molecule has 36 heavy (non-hydrogen) atoms. The third-order valence-electron chi connectivity index (χ3n) is 7.00. The number of carbonyl (C=O) groups excluding carboxylic acids is 2. The predicted octanol–water partition coefficient (Wildman–Crippen LogP) is 3.24. The van der Waals surface area contributed by atoms with E-state index in [0.29, 0.717) is 37.5 Å². The number of nitrogens with one attached hydrogen (secondary N) is 2. The number of pyridine rings is 1. The van der Waals surface area contributed by atoms with Crippen LogP contribution in [0.4, 0.5) is 10.5 Å². The van der Waals surface area contributed by atoms with Crippen molar-refractivity contribution < 1.29 is 14.3 Å². The summed E-state index contributed by atoms with van der Waals surface area (Å²) in [7, 11) is 1.57. The molecule has 3 atom stereocenters. The van der Waals surface area contributed by atoms with E-state index in [9.17, 15) is 14.4 Å². The normalized spacial score (nSPS) is 19.1. The van der Waals surface area contributed by atoms with Crippen LogP contribution in [0.15, 0.2) is 77.6 Å². The summed E-state index contributed by atoms with van der Waals surface area (Å²) >= 11 is 0. The maximum absolute atomic E-state index is 13.4. The molecule has 2 aliphatic rings. The molecule has 3 aromatic rings. The van der Waals surface area contributed by atoms with Crippen molar-refractivity contribution >= 4 is 17.6 Å². The lowest BCUT2D eigenvalue weighted by Crippen LogP contribution is -2.55. The molecule has 3 amide bonds. The van der Waals surface area contributed by atoms with Crippen molar-refractivity contribution in [3.8, 4) is 5.75 Å². The third-order valence-corrected chi connectivity index (χ3v) is 7.00. The predicted molar refractivity (Wildman–Crippen MR) is 137 cm³/mol. The van der Waals surface area contributed by atoms with E-state index in [1.54, 1.807) is 48.4 Å². The van der Waals surface area contributed by atoms with Crippen LogP contribution in [0.2, 0.25) is 0 Å². The lowest BCUT2D eigenvalue weighted by Gasteiger charge is -2.43. The van der Waals surface area contributed by atoms with E-state index in [2.05, 4.69) is 10.6 Å². The molecule has 3 heterocycles. The Balaban J connectivity index is 1.32. The number of carbonyl (C=O) groups is 2. The molecule has 3 unspecified atom stereocenters. The zero-order chi connectivity index (χ0) is 25.1. The van der Waals surface area contributed by atoms with Crippen molar-refractivity contribution in [1.82, 2.24) is 14.8 Å². The summed E-state index contributed by atoms with van der Waals surface area (Å²) in [5, 5.41) is 5.90. The van der Waals surface area contributed by atoms with Crippen molar-refractivity contribution in [1.29, 1.82) is 0 Å². The van der Waals surface area contributed by atoms with E-state index in [0.717, 1.165) is 17.7 Å². The first-order chi connectivity index (χ1) is 17.5. The van der Waals surface area contributed by atoms with Gasteiger partial charge in [0, 0.05) is 55.5 Å². The fraction of sp³-hybridized carbons (Fsp3) is 0.321. The molecule has 2 N–H and O–H groups in total. The molecule has 1 saturated heterocycles. The number of aromatic nitrogens is 1. The molecule has 2 bridgehead atoms. The van der Waals surface area contributed by atoms with Gasteiger partial charge in [-0.05, 0) is 36.1 Å². The summed E-state index contributed by atoms with van der Waals surface area (Å²) in [6, 6.07) is 21.1. The van der Waals surface area contributed by atoms with Crippen LogP contribution in [-0.4, -0.2) is 47.6 Å². The number of hydrogen-bond donors (Lipinski definition) is 2. The number of amides is 3. The van der Waals surface area contributed by atoms with Crippen LogP contribution >= 0.6 is 0 Å². The Kier molecular flexibility index (Phi) is 6.75. The quantitative estimate of drug-likeness (QED) is 0.560. The fourth-order valence-electron chi connectivity index (χ4n) is 5.29. The molecule has 0 saturated carbocycles. The molecule has 2 aliphatic heterocycles. The molecular weight excluding hydrogens is 456 g/mol. The van der Waals surface area contributed by atoms with Gasteiger partial charge in [0.1, 0.15) is 11.8 Å². The highest BCUT2D eigenvalue weighted by atomic mass is 16.5. The van der Waals surface area contributed by atoms with Gasteiger partial charge < -0.3 is 24.8 Å². The Hall–Kier alpha value is -4.07. The number of anilines is 1. The molecule has 0 aliphatic carbocycles. The summed E-state index contributed by atoms with van der Waals surface area (Å²) < 4.78 is 7.10. The molecule has 0 radical (unpaired) electrons. The monoisotopic (exact) mass is 486 g/mol. The second-order valence-electron chi connectivity index (χ2n) is 9.52. The minimum atomic E-state index is -0.761. The SMILES string of the molecule is COc1cccc(NC(=O)C(Cc2ccccc2)NC(=O)N2CC3CC(C2)c2cccc(=O)n2C3)c1. The summed E-state index contributed by atoms with van der Waals surface area (Å²) in [5.41, 5.74) is 2.54. The zero-order valence-electron chi connectivity index (χ0n) is 20.2. The molecule has 8 heteroatoms. The second-order valence-corrected chi connectivity index (χ2v) is 9.52. The van der Waals surface area contributed by atoms with Gasteiger partial charge in [0.2, 0.25) is 5.91 Å². The summed E-state index contributed by atoms with van der Waals surface area (Å²) in [4.78, 5) is 40.8. The number of nitrogens with zero attached hydrogens (tertiary/aromatic N) is 2. The number of methoxy groups -OCH3 is 1. The average Bonchev–Trinajstić information content (AvgIpc) is 2.89. The van der Waals surface area contributed by atoms with Gasteiger partial charge in [-0.2, -0.15) is 0 Å². The highest BCUT2D eigenvalue weighted by Gasteiger charge is 2.37. The molecule has 186 valence electrons. The fourth-order valence-corrected chi connectivity index (χ4v) is 5.29. The lowest BCUT2D eigenvalue weighted by molar-refractivity contribution is -0.118. The van der Waals surface area contributed by atoms with Crippen molar-refractivity contribution in [2.75, 3.05) is 25.5 Å². The number of urea groups is 1. The zero-order valence-corrected chi connectivity index (χ0v) is 20.2. The van der Waals surface area contributed by atoms with Gasteiger partial charge in [-0.15, -0.1) is 0 Å². The number of piperidine rings is 1. The maximum Gasteiger partial charge on any atom is 0.318 e. The smallest absolute Gasteiger partial charge is 0.318 e. The van der Waals surface area contributed by atoms with Gasteiger partial charge >= 0.3 is 6.03 Å². The first-order valence-electron chi connectivity index (χ1n) is 12.2. The third kappa shape index (κ3) is 5.12. The molecule has 1 aromatic heterocycles. The number of fused-ring (bicyclic) bond motifs is 4. The Bertz CT molecular complexity index is 1310. The van der Waals surface area contributed by atoms with E-state index < -0.39 is 6.04 Å². The van der Waals surface area contributed by atoms with Crippen molar-refractivity contribution in [3.63, 3.8) is 0 Å². The van der Waals surface area contributed by atoms with Crippen LogP contribution < -0.4 is 20.9 Å². The molecule has 5 rings (SSSR count). The average molecular weight is 487 g/mol. The molecule has 1 fully saturated rings. The van der Waals surface area contributed by atoms with E-state index in [-0.39, 0.29) is 29.3 Å². The van der Waals surface area contributed by atoms with Crippen molar-refractivity contribution in [2.24, 2.45) is 5.92 Å². The van der Waals surface area contributed by atoms with Gasteiger partial charge in [-0.25, -0.2) is 4.79 Å². The largest absolute Gasteiger partial charge is 0.497 e. The first-order valence-corrected chi connectivity index (χ1v) is 12.2. The van der Waals surface area contributed by atoms with Gasteiger partial charge in [-0.3, -0.25) is 9.59 Å². The first kappa shape index (κ1) is 23.7. The van der Waals surface area contributed by atoms with Gasteiger partial charge in [0.05, 0.1) is 7.11 Å². The van der Waals surface area contributed by atoms with Crippen LogP contribution in [0, 0.1) is 5.92 Å². The van der Waals surface area contributed by atoms with Crippen LogP contribution in [0.1, 0.15) is 23.6 Å². The highest BCUT2D eigenvalue weighted by molar-refractivity contribution is 5.97. The number of rotatable bonds is 6. The summed E-state index contributed by atoms with van der Waals surface area (Å²) in [5.74, 6) is 0.654. The van der Waals surface area contributed by atoms with E-state index in [1.165, 1.54) is 0 Å². The van der Waals surface area contributed by atoms with Crippen molar-refractivity contribution in [2.45, 2.75) is 31.3 Å². The van der Waals surface area contributed by atoms with Gasteiger partial charge in [0.25, 0.3) is 5.56 Å². The van der Waals surface area contributed by atoms with E-state index in [1.807, 2.05) is 41.0 Å². The molecular formula is C28H30N4O4. The Morgan fingerprint density at radius 2 is 1.81 bits per heavy atom. The molecule has 0 spiro atoms. The number of ether oxygens (including phenoxy) is 1. The minimum absolute atomic E-state index is 0.0113. The second kappa shape index (κ2) is 10.3. The standard InChI is InChI=1S/C28H30N4O4/c1-36-23-10-5-9-22(15-23)29-27(34)24(14-19-7-3-2-4-8-19)30-28(35)31-16-20-13-21(18-31)25-11-6-12-26(33)32(25)17-20/h2-12,15,20-21,24H,13-14,16-18H2,1H3,(H,29,34)(H,30,35). The van der Waals surface area contributed by atoms with Crippen LogP contribution in [0.5, 0.6) is 5.75 Å². The number of hydrogen-bond acceptors (Lipinski definition) is 4. The highest BCUT2D eigenvalue weighted by Crippen LogP contribution is 2.35. The van der Waals surface area contributed by atoms with E-state index >= 15 is 0 Å². The molecule has 8 nitrogen and oxygen atoms in total. The number of likely N-dealkylation sites (tertiary alicyclic amines) is 1.